The first kappa shape index (κ1) is 12.6. The van der Waals surface area contributed by atoms with Gasteiger partial charge in [-0.1, -0.05) is 72.8 Å². The van der Waals surface area contributed by atoms with Crippen molar-refractivity contribution in [2.75, 3.05) is 0 Å². The molecule has 3 rings (SSSR count). The summed E-state index contributed by atoms with van der Waals surface area (Å²) in [6, 6.07) is 20.3. The highest BCUT2D eigenvalue weighted by Crippen LogP contribution is 2.31. The van der Waals surface area contributed by atoms with Gasteiger partial charge in [-0.2, -0.15) is 0 Å². The Hall–Kier alpha value is -2.41. The van der Waals surface area contributed by atoms with E-state index in [1.807, 2.05) is 36.4 Å². The van der Waals surface area contributed by atoms with Crippen molar-refractivity contribution in [3.63, 3.8) is 0 Å². The zero-order valence-electron chi connectivity index (χ0n) is 11.3. The van der Waals surface area contributed by atoms with Crippen LogP contribution in [0.3, 0.4) is 0 Å². The molecule has 0 bridgehead atoms. The molecule has 1 saturated carbocycles. The summed E-state index contributed by atoms with van der Waals surface area (Å²) in [4.78, 5) is 11.8. The van der Waals surface area contributed by atoms with Crippen molar-refractivity contribution in [2.45, 2.75) is 12.8 Å². The summed E-state index contributed by atoms with van der Waals surface area (Å²) in [7, 11) is 0. The number of rotatable bonds is 2. The van der Waals surface area contributed by atoms with Crippen LogP contribution in [0.4, 0.5) is 0 Å². The SMILES string of the molecule is O=C1CC(=Cc2ccccc2)C(=Cc2ccccc2)C1. The third-order valence-electron chi connectivity index (χ3n) is 3.47. The predicted molar refractivity (Wildman–Crippen MR) is 83.1 cm³/mol. The number of hydrogen-bond donors (Lipinski definition) is 0. The van der Waals surface area contributed by atoms with Gasteiger partial charge in [-0.3, -0.25) is 4.79 Å². The molecule has 0 heterocycles. The van der Waals surface area contributed by atoms with Gasteiger partial charge in [0.05, 0.1) is 0 Å². The predicted octanol–water partition coefficient (Wildman–Crippen LogP) is 4.52. The fourth-order valence-electron chi connectivity index (χ4n) is 2.50. The van der Waals surface area contributed by atoms with E-state index in [1.165, 1.54) is 0 Å². The minimum absolute atomic E-state index is 0.300. The van der Waals surface area contributed by atoms with E-state index in [2.05, 4.69) is 36.4 Å². The molecule has 0 atom stereocenters. The zero-order chi connectivity index (χ0) is 13.8. The van der Waals surface area contributed by atoms with Crippen molar-refractivity contribution in [3.8, 4) is 0 Å². The number of allylic oxidation sites excluding steroid dienone is 2. The van der Waals surface area contributed by atoms with Gasteiger partial charge >= 0.3 is 0 Å². The van der Waals surface area contributed by atoms with E-state index >= 15 is 0 Å². The minimum Gasteiger partial charge on any atom is -0.299 e. The van der Waals surface area contributed by atoms with Crippen LogP contribution in [0.5, 0.6) is 0 Å². The summed E-state index contributed by atoms with van der Waals surface area (Å²) < 4.78 is 0. The van der Waals surface area contributed by atoms with Gasteiger partial charge in [-0.25, -0.2) is 0 Å². The maximum Gasteiger partial charge on any atom is 0.141 e. The van der Waals surface area contributed by atoms with Crippen LogP contribution in [-0.2, 0) is 4.79 Å². The quantitative estimate of drug-likeness (QED) is 0.776. The maximum atomic E-state index is 11.8. The maximum absolute atomic E-state index is 11.8. The Labute approximate surface area is 119 Å². The highest BCUT2D eigenvalue weighted by atomic mass is 16.1. The smallest absolute Gasteiger partial charge is 0.141 e. The van der Waals surface area contributed by atoms with Crippen LogP contribution in [0.15, 0.2) is 71.8 Å². The fourth-order valence-corrected chi connectivity index (χ4v) is 2.50. The first-order valence-corrected chi connectivity index (χ1v) is 6.84. The molecular formula is C19H16O. The first-order chi connectivity index (χ1) is 9.81. The highest BCUT2D eigenvalue weighted by molar-refractivity contribution is 5.94. The van der Waals surface area contributed by atoms with E-state index < -0.39 is 0 Å². The Morgan fingerprint density at radius 2 is 1.05 bits per heavy atom. The molecule has 0 aromatic heterocycles. The highest BCUT2D eigenvalue weighted by Gasteiger charge is 2.21. The van der Waals surface area contributed by atoms with E-state index in [1.54, 1.807) is 0 Å². The minimum atomic E-state index is 0.300. The van der Waals surface area contributed by atoms with Gasteiger partial charge in [0.15, 0.2) is 0 Å². The molecule has 1 aliphatic rings. The zero-order valence-corrected chi connectivity index (χ0v) is 11.3. The van der Waals surface area contributed by atoms with Gasteiger partial charge in [-0.15, -0.1) is 0 Å². The van der Waals surface area contributed by atoms with E-state index in [0.717, 1.165) is 22.3 Å². The lowest BCUT2D eigenvalue weighted by atomic mass is 10.0. The summed E-state index contributed by atoms with van der Waals surface area (Å²) in [6.07, 6.45) is 5.35. The van der Waals surface area contributed by atoms with Gasteiger partial charge < -0.3 is 0 Å². The van der Waals surface area contributed by atoms with Crippen molar-refractivity contribution >= 4 is 17.9 Å². The summed E-state index contributed by atoms with van der Waals surface area (Å²) in [5.41, 5.74) is 4.59. The molecule has 0 N–H and O–H groups in total. The molecule has 98 valence electrons. The molecule has 0 saturated heterocycles. The molecular weight excluding hydrogens is 244 g/mol. The average Bonchev–Trinajstić information content (AvgIpc) is 2.81. The topological polar surface area (TPSA) is 17.1 Å². The van der Waals surface area contributed by atoms with E-state index in [9.17, 15) is 4.79 Å². The van der Waals surface area contributed by atoms with Crippen molar-refractivity contribution in [2.24, 2.45) is 0 Å². The van der Waals surface area contributed by atoms with Crippen LogP contribution in [0.1, 0.15) is 24.0 Å². The Morgan fingerprint density at radius 3 is 1.45 bits per heavy atom. The van der Waals surface area contributed by atoms with Crippen LogP contribution >= 0.6 is 0 Å². The largest absolute Gasteiger partial charge is 0.299 e. The molecule has 20 heavy (non-hydrogen) atoms. The molecule has 0 radical (unpaired) electrons. The number of Topliss-reactive ketones (excluding diaryl/α,β-unsaturated/α-hetero) is 1. The Balaban J connectivity index is 1.95. The summed E-state index contributed by atoms with van der Waals surface area (Å²) in [6.45, 7) is 0. The second kappa shape index (κ2) is 5.70. The lowest BCUT2D eigenvalue weighted by molar-refractivity contribution is -0.116. The van der Waals surface area contributed by atoms with Crippen LogP contribution in [-0.4, -0.2) is 5.78 Å². The van der Waals surface area contributed by atoms with Crippen LogP contribution in [0.25, 0.3) is 12.2 Å². The molecule has 1 fully saturated rings. The molecule has 2 aromatic carbocycles. The van der Waals surface area contributed by atoms with Crippen LogP contribution in [0, 0.1) is 0 Å². The third kappa shape index (κ3) is 2.94. The number of hydrogen-bond acceptors (Lipinski definition) is 1. The molecule has 1 nitrogen and oxygen atoms in total. The lowest BCUT2D eigenvalue weighted by Crippen LogP contribution is -1.83. The number of benzene rings is 2. The fraction of sp³-hybridized carbons (Fsp3) is 0.105. The van der Waals surface area contributed by atoms with Crippen molar-refractivity contribution in [3.05, 3.63) is 82.9 Å². The summed E-state index contributed by atoms with van der Waals surface area (Å²) in [5, 5.41) is 0. The molecule has 1 heteroatoms. The summed E-state index contributed by atoms with van der Waals surface area (Å²) >= 11 is 0. The van der Waals surface area contributed by atoms with E-state index in [0.29, 0.717) is 18.6 Å². The van der Waals surface area contributed by atoms with Gasteiger partial charge in [-0.05, 0) is 22.3 Å². The van der Waals surface area contributed by atoms with Crippen molar-refractivity contribution in [1.29, 1.82) is 0 Å². The third-order valence-corrected chi connectivity index (χ3v) is 3.47. The number of carbonyl (C=O) groups excluding carboxylic acids is 1. The second-order valence-corrected chi connectivity index (χ2v) is 5.05. The molecule has 2 aromatic rings. The van der Waals surface area contributed by atoms with Gasteiger partial charge in [0, 0.05) is 12.8 Å². The Morgan fingerprint density at radius 1 is 0.650 bits per heavy atom. The normalized spacial score (nSPS) is 18.9. The molecule has 0 unspecified atom stereocenters. The monoisotopic (exact) mass is 260 g/mol. The van der Waals surface area contributed by atoms with Gasteiger partial charge in [0.2, 0.25) is 0 Å². The van der Waals surface area contributed by atoms with Crippen LogP contribution < -0.4 is 0 Å². The lowest BCUT2D eigenvalue weighted by Gasteiger charge is -2.01. The molecule has 0 spiro atoms. The van der Waals surface area contributed by atoms with E-state index in [4.69, 9.17) is 0 Å². The molecule has 0 aliphatic heterocycles. The number of ketones is 1. The molecule has 0 amide bonds. The first-order valence-electron chi connectivity index (χ1n) is 6.84. The average molecular weight is 260 g/mol. The van der Waals surface area contributed by atoms with Crippen LogP contribution in [0.2, 0.25) is 0 Å². The Bertz CT molecular complexity index is 604. The van der Waals surface area contributed by atoms with E-state index in [-0.39, 0.29) is 0 Å². The summed E-state index contributed by atoms with van der Waals surface area (Å²) in [5.74, 6) is 0.300. The number of carbonyl (C=O) groups is 1. The standard InChI is InChI=1S/C19H16O/c20-19-13-17(11-15-7-3-1-4-8-15)18(14-19)12-16-9-5-2-6-10-16/h1-12H,13-14H2. The second-order valence-electron chi connectivity index (χ2n) is 5.05. The van der Waals surface area contributed by atoms with Gasteiger partial charge in [0.1, 0.15) is 5.78 Å². The molecule has 1 aliphatic carbocycles. The van der Waals surface area contributed by atoms with Crippen molar-refractivity contribution < 1.29 is 4.79 Å². The van der Waals surface area contributed by atoms with Gasteiger partial charge in [0.25, 0.3) is 0 Å². The van der Waals surface area contributed by atoms with Crippen molar-refractivity contribution in [1.82, 2.24) is 0 Å². The Kier molecular flexibility index (Phi) is 3.60.